The van der Waals surface area contributed by atoms with Gasteiger partial charge in [0.2, 0.25) is 0 Å². The average Bonchev–Trinajstić information content (AvgIpc) is 2.94. The number of hydrogen-bond donors (Lipinski definition) is 0. The van der Waals surface area contributed by atoms with Crippen molar-refractivity contribution >= 4 is 0 Å². The number of benzene rings is 1. The maximum absolute atomic E-state index is 15.0. The molecule has 3 saturated carbocycles. The van der Waals surface area contributed by atoms with Gasteiger partial charge in [0.25, 0.3) is 0 Å². The van der Waals surface area contributed by atoms with Crippen molar-refractivity contribution < 1.29 is 13.5 Å². The summed E-state index contributed by atoms with van der Waals surface area (Å²) in [7, 11) is 0. The van der Waals surface area contributed by atoms with E-state index in [1.807, 2.05) is 6.07 Å². The predicted molar refractivity (Wildman–Crippen MR) is 155 cm³/mol. The zero-order chi connectivity index (χ0) is 26.7. The van der Waals surface area contributed by atoms with Crippen molar-refractivity contribution in [2.45, 2.75) is 148 Å². The van der Waals surface area contributed by atoms with Crippen LogP contribution in [0.15, 0.2) is 24.3 Å². The molecule has 0 heterocycles. The molecular formula is C35H54F2O. The molecule has 3 heteroatoms. The summed E-state index contributed by atoms with van der Waals surface area (Å²) in [6, 6.07) is 3.61. The van der Waals surface area contributed by atoms with Crippen molar-refractivity contribution in [1.29, 1.82) is 0 Å². The number of ether oxygens (including phenoxy) is 1. The lowest BCUT2D eigenvalue weighted by atomic mass is 9.77. The van der Waals surface area contributed by atoms with Crippen LogP contribution in [0.4, 0.5) is 8.78 Å². The molecule has 0 bridgehead atoms. The Labute approximate surface area is 232 Å². The molecule has 3 fully saturated rings. The Hall–Kier alpha value is -1.22. The number of hydrogen-bond acceptors (Lipinski definition) is 1. The fraction of sp³-hybridized carbons (Fsp3) is 0.771. The monoisotopic (exact) mass is 528 g/mol. The zero-order valence-corrected chi connectivity index (χ0v) is 24.4. The highest BCUT2D eigenvalue weighted by molar-refractivity contribution is 5.29. The van der Waals surface area contributed by atoms with E-state index >= 15 is 0 Å². The predicted octanol–water partition coefficient (Wildman–Crippen LogP) is 11.1. The van der Waals surface area contributed by atoms with E-state index < -0.39 is 11.6 Å². The highest BCUT2D eigenvalue weighted by atomic mass is 19.2. The van der Waals surface area contributed by atoms with Crippen molar-refractivity contribution in [1.82, 2.24) is 0 Å². The lowest BCUT2D eigenvalue weighted by Crippen LogP contribution is -2.22. The Bertz CT molecular complexity index is 840. The molecule has 38 heavy (non-hydrogen) atoms. The van der Waals surface area contributed by atoms with Crippen molar-refractivity contribution in [3.8, 4) is 0 Å². The summed E-state index contributed by atoms with van der Waals surface area (Å²) in [4.78, 5) is 0. The van der Waals surface area contributed by atoms with Gasteiger partial charge in [0.15, 0.2) is 11.6 Å². The van der Waals surface area contributed by atoms with Crippen LogP contribution >= 0.6 is 0 Å². The highest BCUT2D eigenvalue weighted by Crippen LogP contribution is 2.39. The smallest absolute Gasteiger partial charge is 0.164 e. The molecule has 0 unspecified atom stereocenters. The first-order chi connectivity index (χ1) is 18.6. The van der Waals surface area contributed by atoms with E-state index in [0.29, 0.717) is 11.1 Å². The van der Waals surface area contributed by atoms with Crippen LogP contribution in [0.5, 0.6) is 0 Å². The quantitative estimate of drug-likeness (QED) is 0.245. The Morgan fingerprint density at radius 2 is 1.29 bits per heavy atom. The lowest BCUT2D eigenvalue weighted by molar-refractivity contribution is 0.00508. The first kappa shape index (κ1) is 29.8. The van der Waals surface area contributed by atoms with E-state index in [1.165, 1.54) is 77.0 Å². The maximum atomic E-state index is 15.0. The molecule has 1 aromatic carbocycles. The molecule has 0 amide bonds. The van der Waals surface area contributed by atoms with Gasteiger partial charge >= 0.3 is 0 Å². The van der Waals surface area contributed by atoms with E-state index in [2.05, 4.69) is 26.0 Å². The molecule has 0 aromatic heterocycles. The van der Waals surface area contributed by atoms with Gasteiger partial charge in [-0.15, -0.1) is 0 Å². The van der Waals surface area contributed by atoms with Crippen molar-refractivity contribution in [3.05, 3.63) is 47.0 Å². The third-order valence-corrected chi connectivity index (χ3v) is 10.2. The first-order valence-corrected chi connectivity index (χ1v) is 16.3. The summed E-state index contributed by atoms with van der Waals surface area (Å²) in [5.74, 6) is 2.19. The third kappa shape index (κ3) is 8.64. The van der Waals surface area contributed by atoms with Gasteiger partial charge in [0.05, 0.1) is 12.7 Å². The van der Waals surface area contributed by atoms with Crippen LogP contribution in [0.3, 0.4) is 0 Å². The Balaban J connectivity index is 1.13. The topological polar surface area (TPSA) is 9.23 Å². The van der Waals surface area contributed by atoms with E-state index in [9.17, 15) is 8.78 Å². The summed E-state index contributed by atoms with van der Waals surface area (Å²) in [6.07, 6.45) is 27.2. The van der Waals surface area contributed by atoms with Crippen molar-refractivity contribution in [2.75, 3.05) is 0 Å². The molecule has 0 aliphatic heterocycles. The van der Waals surface area contributed by atoms with Gasteiger partial charge in [-0.3, -0.25) is 0 Å². The van der Waals surface area contributed by atoms with Gasteiger partial charge in [-0.05, 0) is 125 Å². The van der Waals surface area contributed by atoms with Crippen LogP contribution in [-0.4, -0.2) is 6.10 Å². The molecular weight excluding hydrogens is 474 g/mol. The summed E-state index contributed by atoms with van der Waals surface area (Å²) < 4.78 is 36.0. The molecule has 4 rings (SSSR count). The second kappa shape index (κ2) is 15.5. The minimum atomic E-state index is -0.683. The minimum Gasteiger partial charge on any atom is -0.373 e. The molecule has 1 aromatic rings. The van der Waals surface area contributed by atoms with E-state index in [-0.39, 0.29) is 18.6 Å². The molecule has 0 spiro atoms. The normalized spacial score (nSPS) is 30.6. The third-order valence-electron chi connectivity index (χ3n) is 10.2. The Kier molecular flexibility index (Phi) is 12.2. The van der Waals surface area contributed by atoms with Crippen molar-refractivity contribution in [3.63, 3.8) is 0 Å². The second-order valence-electron chi connectivity index (χ2n) is 13.0. The second-order valence-corrected chi connectivity index (χ2v) is 13.0. The fourth-order valence-corrected chi connectivity index (χ4v) is 7.69. The molecule has 0 radical (unpaired) electrons. The maximum Gasteiger partial charge on any atom is 0.164 e. The molecule has 1 nitrogen and oxygen atoms in total. The van der Waals surface area contributed by atoms with Gasteiger partial charge in [0, 0.05) is 5.56 Å². The van der Waals surface area contributed by atoms with Crippen LogP contribution in [0, 0.1) is 35.3 Å². The van der Waals surface area contributed by atoms with Crippen LogP contribution in [0.1, 0.15) is 146 Å². The molecule has 0 N–H and O–H groups in total. The number of rotatable bonds is 12. The van der Waals surface area contributed by atoms with Crippen molar-refractivity contribution in [2.24, 2.45) is 23.7 Å². The molecule has 0 saturated heterocycles. The summed E-state index contributed by atoms with van der Waals surface area (Å²) in [6.45, 7) is 4.72. The summed E-state index contributed by atoms with van der Waals surface area (Å²) in [5, 5.41) is 0. The average molecular weight is 529 g/mol. The van der Waals surface area contributed by atoms with E-state index in [1.54, 1.807) is 6.07 Å². The largest absolute Gasteiger partial charge is 0.373 e. The number of halogens is 2. The van der Waals surface area contributed by atoms with Gasteiger partial charge in [0.1, 0.15) is 0 Å². The van der Waals surface area contributed by atoms with E-state index in [4.69, 9.17) is 4.74 Å². The van der Waals surface area contributed by atoms with E-state index in [0.717, 1.165) is 62.2 Å². The minimum absolute atomic E-state index is 0.165. The Morgan fingerprint density at radius 3 is 1.92 bits per heavy atom. The Morgan fingerprint density at radius 1 is 0.711 bits per heavy atom. The summed E-state index contributed by atoms with van der Waals surface area (Å²) >= 11 is 0. The lowest BCUT2D eigenvalue weighted by Gasteiger charge is -2.29. The van der Waals surface area contributed by atoms with Gasteiger partial charge in [-0.1, -0.05) is 63.8 Å². The van der Waals surface area contributed by atoms with Gasteiger partial charge < -0.3 is 4.74 Å². The van der Waals surface area contributed by atoms with Gasteiger partial charge in [-0.25, -0.2) is 8.78 Å². The standard InChI is InChI=1S/C35H54F2O/c1-3-7-26-11-13-28(14-12-26)9-5-6-10-29-17-22-32(23-18-29)38-25-31-21-24-33(35(37)34(31)36)30-19-15-27(8-4-2)16-20-30/h5,9,21,24,26-30,32H,3-4,6-8,10-20,22-23,25H2,1-2H3/b9-5+. The molecule has 3 aliphatic carbocycles. The SMILES string of the molecule is CCCC1CCC(/C=C/CCC2CCC(OCc3ccc(C4CCC(CCC)CC4)c(F)c3F)CC2)CC1. The van der Waals surface area contributed by atoms with Crippen LogP contribution in [-0.2, 0) is 11.3 Å². The summed E-state index contributed by atoms with van der Waals surface area (Å²) in [5.41, 5.74) is 0.960. The first-order valence-electron chi connectivity index (χ1n) is 16.3. The number of allylic oxidation sites excluding steroid dienone is 2. The fourth-order valence-electron chi connectivity index (χ4n) is 7.69. The van der Waals surface area contributed by atoms with Crippen LogP contribution < -0.4 is 0 Å². The zero-order valence-electron chi connectivity index (χ0n) is 24.4. The molecule has 214 valence electrons. The van der Waals surface area contributed by atoms with Crippen LogP contribution in [0.2, 0.25) is 0 Å². The van der Waals surface area contributed by atoms with Gasteiger partial charge in [-0.2, -0.15) is 0 Å². The highest BCUT2D eigenvalue weighted by Gasteiger charge is 2.27. The van der Waals surface area contributed by atoms with Crippen LogP contribution in [0.25, 0.3) is 0 Å². The molecule has 3 aliphatic rings. The molecule has 0 atom stereocenters.